The highest BCUT2D eigenvalue weighted by atomic mass is 16.6. The molecule has 0 aliphatic heterocycles. The molecule has 114 valence electrons. The van der Waals surface area contributed by atoms with Crippen molar-refractivity contribution >= 4 is 17.6 Å². The van der Waals surface area contributed by atoms with Gasteiger partial charge in [-0.15, -0.1) is 0 Å². The van der Waals surface area contributed by atoms with E-state index in [2.05, 4.69) is 5.32 Å². The molecule has 0 saturated heterocycles. The summed E-state index contributed by atoms with van der Waals surface area (Å²) in [5, 5.41) is 22.5. The minimum atomic E-state index is -1.19. The van der Waals surface area contributed by atoms with Gasteiger partial charge in [-0.05, 0) is 24.0 Å². The molecule has 1 rings (SSSR count). The van der Waals surface area contributed by atoms with E-state index in [1.54, 1.807) is 27.7 Å². The number of nitro groups is 1. The molecular formula is C14H18N2O5. The first-order valence-electron chi connectivity index (χ1n) is 6.32. The van der Waals surface area contributed by atoms with Gasteiger partial charge in [-0.3, -0.25) is 14.9 Å². The first-order chi connectivity index (χ1) is 9.54. The number of aryl methyl sites for hydroxylation is 1. The molecule has 0 saturated carbocycles. The normalized spacial score (nSPS) is 12.6. The maximum absolute atomic E-state index is 12.2. The van der Waals surface area contributed by atoms with Gasteiger partial charge in [0.05, 0.1) is 4.92 Å². The van der Waals surface area contributed by atoms with Gasteiger partial charge >= 0.3 is 5.97 Å². The second-order valence-corrected chi connectivity index (χ2v) is 5.89. The van der Waals surface area contributed by atoms with E-state index >= 15 is 0 Å². The van der Waals surface area contributed by atoms with E-state index in [1.807, 2.05) is 0 Å². The van der Waals surface area contributed by atoms with Crippen LogP contribution in [-0.2, 0) is 4.79 Å². The molecule has 2 N–H and O–H groups in total. The molecule has 0 aromatic heterocycles. The third-order valence-electron chi connectivity index (χ3n) is 2.98. The van der Waals surface area contributed by atoms with Crippen molar-refractivity contribution in [2.45, 2.75) is 33.7 Å². The topological polar surface area (TPSA) is 110 Å². The Bertz CT molecular complexity index is 590. The zero-order chi connectivity index (χ0) is 16.4. The average molecular weight is 294 g/mol. The first-order valence-corrected chi connectivity index (χ1v) is 6.32. The Kier molecular flexibility index (Phi) is 4.67. The number of aliphatic carboxylic acids is 1. The van der Waals surface area contributed by atoms with E-state index in [-0.39, 0.29) is 11.3 Å². The van der Waals surface area contributed by atoms with Crippen LogP contribution in [0, 0.1) is 22.5 Å². The maximum Gasteiger partial charge on any atom is 0.326 e. The van der Waals surface area contributed by atoms with Crippen LogP contribution in [0.15, 0.2) is 18.2 Å². The fraction of sp³-hybridized carbons (Fsp3) is 0.429. The lowest BCUT2D eigenvalue weighted by Crippen LogP contribution is -2.49. The zero-order valence-electron chi connectivity index (χ0n) is 12.3. The number of carboxylic acids is 1. The lowest BCUT2D eigenvalue weighted by atomic mass is 9.86. The lowest BCUT2D eigenvalue weighted by Gasteiger charge is -2.27. The van der Waals surface area contributed by atoms with Crippen molar-refractivity contribution in [1.82, 2.24) is 5.32 Å². The summed E-state index contributed by atoms with van der Waals surface area (Å²) >= 11 is 0. The van der Waals surface area contributed by atoms with Crippen LogP contribution in [0.2, 0.25) is 0 Å². The number of rotatable bonds is 4. The summed E-state index contributed by atoms with van der Waals surface area (Å²) in [6, 6.07) is 2.98. The molecule has 1 aromatic carbocycles. The highest BCUT2D eigenvalue weighted by molar-refractivity contribution is 6.00. The van der Waals surface area contributed by atoms with E-state index < -0.39 is 28.3 Å². The largest absolute Gasteiger partial charge is 0.480 e. The number of hydrogen-bond donors (Lipinski definition) is 2. The zero-order valence-corrected chi connectivity index (χ0v) is 12.3. The van der Waals surface area contributed by atoms with Gasteiger partial charge in [0.25, 0.3) is 11.6 Å². The minimum absolute atomic E-state index is 0.143. The van der Waals surface area contributed by atoms with Gasteiger partial charge in [0.15, 0.2) is 0 Å². The Labute approximate surface area is 122 Å². The SMILES string of the molecule is Cc1ccc([N+](=O)[O-])c(C(=O)NC(C(=O)O)C(C)(C)C)c1. The summed E-state index contributed by atoms with van der Waals surface area (Å²) in [6.45, 7) is 6.68. The maximum atomic E-state index is 12.2. The molecule has 0 bridgehead atoms. The van der Waals surface area contributed by atoms with Crippen LogP contribution < -0.4 is 5.32 Å². The first kappa shape index (κ1) is 16.6. The molecule has 1 amide bonds. The van der Waals surface area contributed by atoms with Gasteiger partial charge in [0, 0.05) is 6.07 Å². The highest BCUT2D eigenvalue weighted by Crippen LogP contribution is 2.23. The second kappa shape index (κ2) is 5.90. The Balaban J connectivity index is 3.17. The predicted molar refractivity (Wildman–Crippen MR) is 76.2 cm³/mol. The van der Waals surface area contributed by atoms with Crippen LogP contribution in [0.1, 0.15) is 36.7 Å². The highest BCUT2D eigenvalue weighted by Gasteiger charge is 2.34. The number of nitro benzene ring substituents is 1. The van der Waals surface area contributed by atoms with Crippen molar-refractivity contribution in [3.63, 3.8) is 0 Å². The van der Waals surface area contributed by atoms with Gasteiger partial charge < -0.3 is 10.4 Å². The average Bonchev–Trinajstić information content (AvgIpc) is 2.33. The molecule has 1 unspecified atom stereocenters. The standard InChI is InChI=1S/C14H18N2O5/c1-8-5-6-10(16(20)21)9(7-8)12(17)15-11(13(18)19)14(2,3)4/h5-7,11H,1-4H3,(H,15,17)(H,18,19). The number of carboxylic acid groups (broad SMARTS) is 1. The van der Waals surface area contributed by atoms with Crippen molar-refractivity contribution in [3.05, 3.63) is 39.4 Å². The van der Waals surface area contributed by atoms with Crippen molar-refractivity contribution in [3.8, 4) is 0 Å². The molecular weight excluding hydrogens is 276 g/mol. The van der Waals surface area contributed by atoms with E-state index in [1.165, 1.54) is 18.2 Å². The van der Waals surface area contributed by atoms with E-state index in [0.29, 0.717) is 5.56 Å². The Morgan fingerprint density at radius 2 is 1.90 bits per heavy atom. The minimum Gasteiger partial charge on any atom is -0.480 e. The van der Waals surface area contributed by atoms with Gasteiger partial charge in [-0.25, -0.2) is 4.79 Å². The van der Waals surface area contributed by atoms with Gasteiger partial charge in [-0.1, -0.05) is 26.8 Å². The molecule has 0 radical (unpaired) electrons. The molecule has 0 fully saturated rings. The number of carbonyl (C=O) groups is 2. The van der Waals surface area contributed by atoms with E-state index in [0.717, 1.165) is 0 Å². The summed E-state index contributed by atoms with van der Waals surface area (Å²) in [5.74, 6) is -1.96. The van der Waals surface area contributed by atoms with Crippen LogP contribution in [0.25, 0.3) is 0 Å². The Hall–Kier alpha value is -2.44. The van der Waals surface area contributed by atoms with Crippen LogP contribution >= 0.6 is 0 Å². The van der Waals surface area contributed by atoms with E-state index in [9.17, 15) is 24.8 Å². The molecule has 0 spiro atoms. The fourth-order valence-electron chi connectivity index (χ4n) is 1.85. The lowest BCUT2D eigenvalue weighted by molar-refractivity contribution is -0.385. The molecule has 0 aliphatic carbocycles. The summed E-state index contributed by atoms with van der Waals surface area (Å²) in [4.78, 5) is 33.8. The second-order valence-electron chi connectivity index (χ2n) is 5.89. The molecule has 0 heterocycles. The third-order valence-corrected chi connectivity index (χ3v) is 2.98. The van der Waals surface area contributed by atoms with Crippen molar-refractivity contribution in [2.24, 2.45) is 5.41 Å². The monoisotopic (exact) mass is 294 g/mol. The third kappa shape index (κ3) is 4.01. The number of benzene rings is 1. The van der Waals surface area contributed by atoms with Crippen molar-refractivity contribution in [2.75, 3.05) is 0 Å². The molecule has 7 nitrogen and oxygen atoms in total. The van der Waals surface area contributed by atoms with Crippen LogP contribution in [0.3, 0.4) is 0 Å². The van der Waals surface area contributed by atoms with Gasteiger partial charge in [0.1, 0.15) is 11.6 Å². The quantitative estimate of drug-likeness (QED) is 0.653. The summed E-state index contributed by atoms with van der Waals surface area (Å²) in [5.41, 5.74) is -0.542. The number of amides is 1. The molecule has 1 aromatic rings. The molecule has 1 atom stereocenters. The van der Waals surface area contributed by atoms with Crippen LogP contribution in [0.4, 0.5) is 5.69 Å². The van der Waals surface area contributed by atoms with Crippen molar-refractivity contribution in [1.29, 1.82) is 0 Å². The van der Waals surface area contributed by atoms with E-state index in [4.69, 9.17) is 0 Å². The molecule has 0 aliphatic rings. The fourth-order valence-corrected chi connectivity index (χ4v) is 1.85. The van der Waals surface area contributed by atoms with Crippen molar-refractivity contribution < 1.29 is 19.6 Å². The Morgan fingerprint density at radius 3 is 2.33 bits per heavy atom. The van der Waals surface area contributed by atoms with Gasteiger partial charge in [-0.2, -0.15) is 0 Å². The smallest absolute Gasteiger partial charge is 0.326 e. The molecule has 21 heavy (non-hydrogen) atoms. The van der Waals surface area contributed by atoms with Gasteiger partial charge in [0.2, 0.25) is 0 Å². The summed E-state index contributed by atoms with van der Waals surface area (Å²) in [6.07, 6.45) is 0. The number of hydrogen-bond acceptors (Lipinski definition) is 4. The number of nitrogens with one attached hydrogen (secondary N) is 1. The van der Waals surface area contributed by atoms with Crippen LogP contribution in [0.5, 0.6) is 0 Å². The van der Waals surface area contributed by atoms with Crippen LogP contribution in [-0.4, -0.2) is 27.9 Å². The Morgan fingerprint density at radius 1 is 1.33 bits per heavy atom. The predicted octanol–water partition coefficient (Wildman–Crippen LogP) is 2.13. The molecule has 7 heteroatoms. The summed E-state index contributed by atoms with van der Waals surface area (Å²) in [7, 11) is 0. The summed E-state index contributed by atoms with van der Waals surface area (Å²) < 4.78 is 0. The number of carbonyl (C=O) groups excluding carboxylic acids is 1. The number of nitrogens with zero attached hydrogens (tertiary/aromatic N) is 1.